The van der Waals surface area contributed by atoms with Crippen molar-refractivity contribution in [3.05, 3.63) is 23.8 Å². The van der Waals surface area contributed by atoms with Crippen LogP contribution in [0.2, 0.25) is 0 Å². The molecular formula is C11H13NO5. The standard InChI is InChI=1S/C11H13NO5/c1-6(11(16)17)5-12-10(15)8-4-7(13)2-3-9(8)14/h2-4,6,13-14H,5H2,1H3,(H,12,15)(H,16,17). The third-order valence-corrected chi connectivity index (χ3v) is 2.22. The maximum absolute atomic E-state index is 11.6. The number of nitrogens with one attached hydrogen (secondary N) is 1. The van der Waals surface area contributed by atoms with E-state index in [0.717, 1.165) is 6.07 Å². The predicted octanol–water partition coefficient (Wildman–Crippen LogP) is 0.548. The number of aromatic hydroxyl groups is 2. The fraction of sp³-hybridized carbons (Fsp3) is 0.273. The second-order valence-electron chi connectivity index (χ2n) is 3.65. The maximum Gasteiger partial charge on any atom is 0.308 e. The van der Waals surface area contributed by atoms with Crippen LogP contribution in [0.25, 0.3) is 0 Å². The highest BCUT2D eigenvalue weighted by molar-refractivity contribution is 5.97. The Morgan fingerprint density at radius 2 is 2.00 bits per heavy atom. The van der Waals surface area contributed by atoms with E-state index in [0.29, 0.717) is 0 Å². The van der Waals surface area contributed by atoms with Crippen LogP contribution in [0.15, 0.2) is 18.2 Å². The molecule has 1 rings (SSSR count). The van der Waals surface area contributed by atoms with Crippen LogP contribution in [0.1, 0.15) is 17.3 Å². The van der Waals surface area contributed by atoms with E-state index in [1.54, 1.807) is 0 Å². The van der Waals surface area contributed by atoms with Gasteiger partial charge in [0.05, 0.1) is 11.5 Å². The van der Waals surface area contributed by atoms with Crippen molar-refractivity contribution < 1.29 is 24.9 Å². The van der Waals surface area contributed by atoms with Crippen LogP contribution >= 0.6 is 0 Å². The Labute approximate surface area is 97.5 Å². The zero-order chi connectivity index (χ0) is 13.0. The molecule has 17 heavy (non-hydrogen) atoms. The lowest BCUT2D eigenvalue weighted by atomic mass is 10.1. The second kappa shape index (κ2) is 5.20. The number of phenols is 2. The van der Waals surface area contributed by atoms with Crippen LogP contribution in [-0.4, -0.2) is 33.7 Å². The summed E-state index contributed by atoms with van der Waals surface area (Å²) in [5.74, 6) is -2.81. The van der Waals surface area contributed by atoms with Gasteiger partial charge in [-0.2, -0.15) is 0 Å². The molecule has 0 aromatic heterocycles. The molecule has 0 aliphatic heterocycles. The lowest BCUT2D eigenvalue weighted by Gasteiger charge is -2.09. The predicted molar refractivity (Wildman–Crippen MR) is 58.9 cm³/mol. The fourth-order valence-corrected chi connectivity index (χ4v) is 1.13. The second-order valence-corrected chi connectivity index (χ2v) is 3.65. The summed E-state index contributed by atoms with van der Waals surface area (Å²) in [6.07, 6.45) is 0. The van der Waals surface area contributed by atoms with Crippen molar-refractivity contribution in [3.63, 3.8) is 0 Å². The first-order valence-electron chi connectivity index (χ1n) is 4.94. The summed E-state index contributed by atoms with van der Waals surface area (Å²) in [5.41, 5.74) is -0.0948. The molecule has 4 N–H and O–H groups in total. The smallest absolute Gasteiger partial charge is 0.308 e. The largest absolute Gasteiger partial charge is 0.508 e. The van der Waals surface area contributed by atoms with Gasteiger partial charge in [-0.25, -0.2) is 0 Å². The Morgan fingerprint density at radius 3 is 2.59 bits per heavy atom. The van der Waals surface area contributed by atoms with Gasteiger partial charge in [0.2, 0.25) is 0 Å². The molecule has 0 aliphatic carbocycles. The van der Waals surface area contributed by atoms with E-state index in [1.807, 2.05) is 0 Å². The first kappa shape index (κ1) is 12.8. The first-order chi connectivity index (χ1) is 7.91. The number of carboxylic acid groups (broad SMARTS) is 1. The highest BCUT2D eigenvalue weighted by Crippen LogP contribution is 2.21. The Morgan fingerprint density at radius 1 is 1.35 bits per heavy atom. The summed E-state index contributed by atoms with van der Waals surface area (Å²) < 4.78 is 0. The van der Waals surface area contributed by atoms with Gasteiger partial charge in [-0.15, -0.1) is 0 Å². The molecule has 0 radical (unpaired) electrons. The molecule has 0 spiro atoms. The number of hydrogen-bond donors (Lipinski definition) is 4. The van der Waals surface area contributed by atoms with E-state index in [2.05, 4.69) is 5.32 Å². The fourth-order valence-electron chi connectivity index (χ4n) is 1.13. The van der Waals surface area contributed by atoms with Gasteiger partial charge < -0.3 is 20.6 Å². The number of carboxylic acids is 1. The molecule has 0 saturated heterocycles. The van der Waals surface area contributed by atoms with Gasteiger partial charge >= 0.3 is 5.97 Å². The highest BCUT2D eigenvalue weighted by Gasteiger charge is 2.15. The maximum atomic E-state index is 11.6. The molecule has 1 atom stereocenters. The first-order valence-corrected chi connectivity index (χ1v) is 4.94. The van der Waals surface area contributed by atoms with Crippen molar-refractivity contribution in [1.82, 2.24) is 5.32 Å². The van der Waals surface area contributed by atoms with Crippen LogP contribution < -0.4 is 5.32 Å². The quantitative estimate of drug-likeness (QED) is 0.574. The summed E-state index contributed by atoms with van der Waals surface area (Å²) in [6.45, 7) is 1.40. The van der Waals surface area contributed by atoms with Crippen molar-refractivity contribution in [2.24, 2.45) is 5.92 Å². The van der Waals surface area contributed by atoms with Crippen molar-refractivity contribution in [1.29, 1.82) is 0 Å². The summed E-state index contributed by atoms with van der Waals surface area (Å²) in [5, 5.41) is 29.5. The van der Waals surface area contributed by atoms with Gasteiger partial charge in [0.1, 0.15) is 11.5 Å². The van der Waals surface area contributed by atoms with Crippen molar-refractivity contribution in [2.75, 3.05) is 6.54 Å². The molecule has 6 heteroatoms. The third-order valence-electron chi connectivity index (χ3n) is 2.22. The van der Waals surface area contributed by atoms with Gasteiger partial charge in [0.25, 0.3) is 5.91 Å². The lowest BCUT2D eigenvalue weighted by Crippen LogP contribution is -2.31. The number of phenolic OH excluding ortho intramolecular Hbond substituents is 2. The van der Waals surface area contributed by atoms with Crippen molar-refractivity contribution >= 4 is 11.9 Å². The van der Waals surface area contributed by atoms with Crippen LogP contribution in [-0.2, 0) is 4.79 Å². The molecule has 1 aromatic rings. The Kier molecular flexibility index (Phi) is 3.92. The molecule has 0 fully saturated rings. The molecule has 0 heterocycles. The molecule has 0 saturated carbocycles. The van der Waals surface area contributed by atoms with E-state index < -0.39 is 17.8 Å². The average Bonchev–Trinajstić information content (AvgIpc) is 2.28. The number of rotatable bonds is 4. The van der Waals surface area contributed by atoms with Gasteiger partial charge in [-0.3, -0.25) is 9.59 Å². The normalized spacial score (nSPS) is 11.8. The number of amides is 1. The topological polar surface area (TPSA) is 107 Å². The van der Waals surface area contributed by atoms with E-state index in [-0.39, 0.29) is 23.6 Å². The Hall–Kier alpha value is -2.24. The Balaban J connectivity index is 2.70. The van der Waals surface area contributed by atoms with Crippen LogP contribution in [0.3, 0.4) is 0 Å². The Bertz CT molecular complexity index is 443. The van der Waals surface area contributed by atoms with E-state index in [1.165, 1.54) is 19.1 Å². The van der Waals surface area contributed by atoms with Crippen LogP contribution in [0, 0.1) is 5.92 Å². The minimum atomic E-state index is -1.02. The lowest BCUT2D eigenvalue weighted by molar-refractivity contribution is -0.140. The number of carbonyl (C=O) groups is 2. The molecule has 92 valence electrons. The average molecular weight is 239 g/mol. The van der Waals surface area contributed by atoms with Crippen LogP contribution in [0.5, 0.6) is 11.5 Å². The van der Waals surface area contributed by atoms with Crippen molar-refractivity contribution in [3.8, 4) is 11.5 Å². The molecule has 6 nitrogen and oxygen atoms in total. The molecule has 1 aromatic carbocycles. The third kappa shape index (κ3) is 3.37. The van der Waals surface area contributed by atoms with Crippen LogP contribution in [0.4, 0.5) is 0 Å². The molecule has 0 bridgehead atoms. The zero-order valence-corrected chi connectivity index (χ0v) is 9.17. The van der Waals surface area contributed by atoms with E-state index in [4.69, 9.17) is 10.2 Å². The number of hydrogen-bond acceptors (Lipinski definition) is 4. The highest BCUT2D eigenvalue weighted by atomic mass is 16.4. The number of carbonyl (C=O) groups excluding carboxylic acids is 1. The summed E-state index contributed by atoms with van der Waals surface area (Å²) in [4.78, 5) is 22.1. The summed E-state index contributed by atoms with van der Waals surface area (Å²) >= 11 is 0. The molecular weight excluding hydrogens is 226 g/mol. The van der Waals surface area contributed by atoms with Gasteiger partial charge in [-0.05, 0) is 18.2 Å². The zero-order valence-electron chi connectivity index (χ0n) is 9.17. The minimum Gasteiger partial charge on any atom is -0.508 e. The van der Waals surface area contributed by atoms with Gasteiger partial charge in [0.15, 0.2) is 0 Å². The number of aliphatic carboxylic acids is 1. The molecule has 1 unspecified atom stereocenters. The SMILES string of the molecule is CC(CNC(=O)c1cc(O)ccc1O)C(=O)O. The van der Waals surface area contributed by atoms with Gasteiger partial charge in [0, 0.05) is 6.54 Å². The number of benzene rings is 1. The van der Waals surface area contributed by atoms with E-state index in [9.17, 15) is 14.7 Å². The summed E-state index contributed by atoms with van der Waals surface area (Å²) in [7, 11) is 0. The monoisotopic (exact) mass is 239 g/mol. The van der Waals surface area contributed by atoms with E-state index >= 15 is 0 Å². The summed E-state index contributed by atoms with van der Waals surface area (Å²) in [6, 6.07) is 3.53. The molecule has 1 amide bonds. The molecule has 0 aliphatic rings. The van der Waals surface area contributed by atoms with Gasteiger partial charge in [-0.1, -0.05) is 6.92 Å². The minimum absolute atomic E-state index is 0.0523. The van der Waals surface area contributed by atoms with Crippen molar-refractivity contribution in [2.45, 2.75) is 6.92 Å².